The molecule has 0 saturated carbocycles. The van der Waals surface area contributed by atoms with E-state index in [2.05, 4.69) is 29.6 Å². The summed E-state index contributed by atoms with van der Waals surface area (Å²) in [5, 5.41) is 2.74. The highest BCUT2D eigenvalue weighted by atomic mass is 32.2. The monoisotopic (exact) mass is 373 g/mol. The molecule has 26 heavy (non-hydrogen) atoms. The minimum Gasteiger partial charge on any atom is -0.493 e. The first-order valence-electron chi connectivity index (χ1n) is 8.45. The Kier molecular flexibility index (Phi) is 8.02. The molecule has 0 unspecified atom stereocenters. The molecule has 2 aromatic rings. The van der Waals surface area contributed by atoms with Crippen molar-refractivity contribution in [3.63, 3.8) is 0 Å². The third-order valence-electron chi connectivity index (χ3n) is 3.46. The number of rotatable bonds is 9. The molecule has 0 radical (unpaired) electrons. The standard InChI is InChI=1S/C20H23NO4S/c1-3-24-18-7-5-4-6-17(18)20(23)25-14-19(22)21-12-13-26-16-10-8-15(2)9-11-16/h4-11H,3,12-14H2,1-2H3,(H,21,22). The van der Waals surface area contributed by atoms with Crippen molar-refractivity contribution < 1.29 is 19.1 Å². The van der Waals surface area contributed by atoms with Crippen molar-refractivity contribution in [1.29, 1.82) is 0 Å². The molecule has 0 aliphatic carbocycles. The van der Waals surface area contributed by atoms with Crippen molar-refractivity contribution in [2.75, 3.05) is 25.5 Å². The number of carbonyl (C=O) groups excluding carboxylic acids is 2. The largest absolute Gasteiger partial charge is 0.493 e. The van der Waals surface area contributed by atoms with Crippen LogP contribution in [0.15, 0.2) is 53.4 Å². The van der Waals surface area contributed by atoms with E-state index in [0.29, 0.717) is 24.5 Å². The van der Waals surface area contributed by atoms with Gasteiger partial charge in [-0.15, -0.1) is 11.8 Å². The summed E-state index contributed by atoms with van der Waals surface area (Å²) in [5.41, 5.74) is 1.53. The summed E-state index contributed by atoms with van der Waals surface area (Å²) in [6, 6.07) is 15.0. The number of hydrogen-bond donors (Lipinski definition) is 1. The van der Waals surface area contributed by atoms with E-state index < -0.39 is 5.97 Å². The van der Waals surface area contributed by atoms with Gasteiger partial charge in [-0.25, -0.2) is 4.79 Å². The Bertz CT molecular complexity index is 731. The van der Waals surface area contributed by atoms with E-state index in [1.807, 2.05) is 13.8 Å². The molecule has 0 heterocycles. The van der Waals surface area contributed by atoms with E-state index in [-0.39, 0.29) is 12.5 Å². The van der Waals surface area contributed by atoms with E-state index in [9.17, 15) is 9.59 Å². The first kappa shape index (κ1) is 19.8. The zero-order chi connectivity index (χ0) is 18.8. The van der Waals surface area contributed by atoms with Crippen LogP contribution in [0.4, 0.5) is 0 Å². The van der Waals surface area contributed by atoms with Gasteiger partial charge in [0.1, 0.15) is 11.3 Å². The fraction of sp³-hybridized carbons (Fsp3) is 0.300. The third kappa shape index (κ3) is 6.44. The second-order valence-corrected chi connectivity index (χ2v) is 6.69. The lowest BCUT2D eigenvalue weighted by Crippen LogP contribution is -2.30. The predicted molar refractivity (Wildman–Crippen MR) is 103 cm³/mol. The highest BCUT2D eigenvalue weighted by Crippen LogP contribution is 2.19. The number of carbonyl (C=O) groups is 2. The van der Waals surface area contributed by atoms with Gasteiger partial charge in [0.25, 0.3) is 5.91 Å². The van der Waals surface area contributed by atoms with Crippen LogP contribution in [0.5, 0.6) is 5.75 Å². The molecule has 2 rings (SSSR count). The first-order valence-corrected chi connectivity index (χ1v) is 9.44. The number of ether oxygens (including phenoxy) is 2. The van der Waals surface area contributed by atoms with Crippen LogP contribution in [0.2, 0.25) is 0 Å². The molecular formula is C20H23NO4S. The summed E-state index contributed by atoms with van der Waals surface area (Å²) in [7, 11) is 0. The number of para-hydroxylation sites is 1. The summed E-state index contributed by atoms with van der Waals surface area (Å²) in [6.07, 6.45) is 0. The summed E-state index contributed by atoms with van der Waals surface area (Å²) in [6.45, 7) is 4.52. The van der Waals surface area contributed by atoms with Gasteiger partial charge in [-0.3, -0.25) is 4.79 Å². The molecule has 0 saturated heterocycles. The highest BCUT2D eigenvalue weighted by molar-refractivity contribution is 7.99. The van der Waals surface area contributed by atoms with E-state index in [4.69, 9.17) is 9.47 Å². The second-order valence-electron chi connectivity index (χ2n) is 5.52. The van der Waals surface area contributed by atoms with Gasteiger partial charge >= 0.3 is 5.97 Å². The maximum atomic E-state index is 12.1. The van der Waals surface area contributed by atoms with Crippen LogP contribution in [0.3, 0.4) is 0 Å². The molecule has 0 aliphatic heterocycles. The first-order chi connectivity index (χ1) is 12.6. The van der Waals surface area contributed by atoms with E-state index in [0.717, 1.165) is 10.6 Å². The maximum absolute atomic E-state index is 12.1. The molecule has 138 valence electrons. The summed E-state index contributed by atoms with van der Waals surface area (Å²) >= 11 is 1.66. The predicted octanol–water partition coefficient (Wildman–Crippen LogP) is 3.46. The van der Waals surface area contributed by atoms with Gasteiger partial charge < -0.3 is 14.8 Å². The Hall–Kier alpha value is -2.47. The van der Waals surface area contributed by atoms with Crippen LogP contribution in [-0.2, 0) is 9.53 Å². The van der Waals surface area contributed by atoms with Crippen LogP contribution in [0.25, 0.3) is 0 Å². The van der Waals surface area contributed by atoms with Crippen molar-refractivity contribution in [3.8, 4) is 5.75 Å². The average molecular weight is 373 g/mol. The molecule has 1 N–H and O–H groups in total. The van der Waals surface area contributed by atoms with Crippen molar-refractivity contribution in [2.24, 2.45) is 0 Å². The molecule has 0 aromatic heterocycles. The molecule has 0 spiro atoms. The Morgan fingerprint density at radius 3 is 2.54 bits per heavy atom. The number of benzene rings is 2. The Morgan fingerprint density at radius 1 is 1.08 bits per heavy atom. The topological polar surface area (TPSA) is 64.6 Å². The van der Waals surface area contributed by atoms with Gasteiger partial charge in [0.05, 0.1) is 6.61 Å². The molecule has 0 bridgehead atoms. The summed E-state index contributed by atoms with van der Waals surface area (Å²) in [4.78, 5) is 25.1. The van der Waals surface area contributed by atoms with Crippen LogP contribution in [0.1, 0.15) is 22.8 Å². The van der Waals surface area contributed by atoms with Gasteiger partial charge in [-0.2, -0.15) is 0 Å². The molecule has 0 atom stereocenters. The lowest BCUT2D eigenvalue weighted by Gasteiger charge is -2.10. The van der Waals surface area contributed by atoms with Gasteiger partial charge in [-0.1, -0.05) is 29.8 Å². The minimum absolute atomic E-state index is 0.311. The number of amides is 1. The molecule has 0 fully saturated rings. The fourth-order valence-corrected chi connectivity index (χ4v) is 2.94. The average Bonchev–Trinajstić information content (AvgIpc) is 2.65. The lowest BCUT2D eigenvalue weighted by atomic mass is 10.2. The van der Waals surface area contributed by atoms with Gasteiger partial charge in [0, 0.05) is 17.2 Å². The SMILES string of the molecule is CCOc1ccccc1C(=O)OCC(=O)NCCSc1ccc(C)cc1. The van der Waals surface area contributed by atoms with Crippen LogP contribution in [0, 0.1) is 6.92 Å². The zero-order valence-electron chi connectivity index (χ0n) is 15.0. The van der Waals surface area contributed by atoms with Crippen molar-refractivity contribution in [1.82, 2.24) is 5.32 Å². The molecule has 2 aromatic carbocycles. The van der Waals surface area contributed by atoms with Crippen molar-refractivity contribution >= 4 is 23.6 Å². The quantitative estimate of drug-likeness (QED) is 0.414. The van der Waals surface area contributed by atoms with E-state index in [1.54, 1.807) is 36.0 Å². The maximum Gasteiger partial charge on any atom is 0.342 e. The molecule has 5 nitrogen and oxygen atoms in total. The second kappa shape index (κ2) is 10.5. The number of thioether (sulfide) groups is 1. The number of nitrogens with one attached hydrogen (secondary N) is 1. The summed E-state index contributed by atoms with van der Waals surface area (Å²) < 4.78 is 10.5. The normalized spacial score (nSPS) is 10.2. The van der Waals surface area contributed by atoms with Gasteiger partial charge in [-0.05, 0) is 38.1 Å². The number of aryl methyl sites for hydroxylation is 1. The van der Waals surface area contributed by atoms with Crippen LogP contribution < -0.4 is 10.1 Å². The molecule has 6 heteroatoms. The minimum atomic E-state index is -0.571. The van der Waals surface area contributed by atoms with Crippen molar-refractivity contribution in [3.05, 3.63) is 59.7 Å². The van der Waals surface area contributed by atoms with Crippen LogP contribution >= 0.6 is 11.8 Å². The molecular weight excluding hydrogens is 350 g/mol. The third-order valence-corrected chi connectivity index (χ3v) is 4.47. The lowest BCUT2D eigenvalue weighted by molar-refractivity contribution is -0.124. The van der Waals surface area contributed by atoms with E-state index in [1.165, 1.54) is 5.56 Å². The van der Waals surface area contributed by atoms with Crippen molar-refractivity contribution in [2.45, 2.75) is 18.7 Å². The molecule has 0 aliphatic rings. The van der Waals surface area contributed by atoms with Gasteiger partial charge in [0.15, 0.2) is 6.61 Å². The van der Waals surface area contributed by atoms with E-state index >= 15 is 0 Å². The van der Waals surface area contributed by atoms with Crippen LogP contribution in [-0.4, -0.2) is 37.4 Å². The summed E-state index contributed by atoms with van der Waals surface area (Å²) in [5.74, 6) is 0.306. The Labute approximate surface area is 158 Å². The Morgan fingerprint density at radius 2 is 1.81 bits per heavy atom. The highest BCUT2D eigenvalue weighted by Gasteiger charge is 2.14. The molecule has 1 amide bonds. The zero-order valence-corrected chi connectivity index (χ0v) is 15.8. The smallest absolute Gasteiger partial charge is 0.342 e. The van der Waals surface area contributed by atoms with Gasteiger partial charge in [0.2, 0.25) is 0 Å². The fourth-order valence-electron chi connectivity index (χ4n) is 2.17. The number of esters is 1. The number of hydrogen-bond acceptors (Lipinski definition) is 5. The Balaban J connectivity index is 1.70.